The topological polar surface area (TPSA) is 47.8 Å². The number of aryl methyl sites for hydroxylation is 3. The molecule has 4 heteroatoms. The van der Waals surface area contributed by atoms with Crippen LogP contribution in [0.2, 0.25) is 0 Å². The van der Waals surface area contributed by atoms with E-state index in [1.807, 2.05) is 81.4 Å². The summed E-state index contributed by atoms with van der Waals surface area (Å²) in [5.74, 6) is -0.562. The Morgan fingerprint density at radius 3 is 2.37 bits per heavy atom. The zero-order chi connectivity index (χ0) is 21.3. The van der Waals surface area contributed by atoms with Crippen LogP contribution in [0.3, 0.4) is 0 Å². The van der Waals surface area contributed by atoms with Crippen molar-refractivity contribution in [2.24, 2.45) is 0 Å². The number of hydrogen-bond donors (Lipinski definition) is 0. The van der Waals surface area contributed by atoms with Crippen LogP contribution in [0.4, 0.5) is 0 Å². The molecular formula is C26H23NO3. The van der Waals surface area contributed by atoms with Crippen LogP contribution in [-0.4, -0.2) is 16.2 Å². The fraction of sp³-hybridized carbons (Fsp3) is 0.154. The van der Waals surface area contributed by atoms with E-state index < -0.39 is 5.97 Å². The van der Waals surface area contributed by atoms with Crippen molar-refractivity contribution in [1.82, 2.24) is 4.40 Å². The highest BCUT2D eigenvalue weighted by Crippen LogP contribution is 2.23. The number of nitrogens with zero attached hydrogens (tertiary/aromatic N) is 1. The third kappa shape index (κ3) is 3.64. The molecule has 0 aliphatic heterocycles. The van der Waals surface area contributed by atoms with Crippen LogP contribution in [0.5, 0.6) is 0 Å². The molecule has 4 nitrogen and oxygen atoms in total. The summed E-state index contributed by atoms with van der Waals surface area (Å²) in [5.41, 5.74) is 6.15. The molecule has 2 aromatic heterocycles. The number of benzene rings is 2. The van der Waals surface area contributed by atoms with Crippen molar-refractivity contribution in [3.63, 3.8) is 0 Å². The standard InChI is InChI=1S/C26H23NO3/c1-17-11-12-21(19(3)14-17)25(28)24-15-22(23-10-6-7-13-27(23)24)26(29)30-16-20-9-5-4-8-18(20)2/h4-15H,16H2,1-3H3. The summed E-state index contributed by atoms with van der Waals surface area (Å²) < 4.78 is 7.33. The Morgan fingerprint density at radius 1 is 0.833 bits per heavy atom. The van der Waals surface area contributed by atoms with Gasteiger partial charge in [-0.3, -0.25) is 4.79 Å². The summed E-state index contributed by atoms with van der Waals surface area (Å²) in [7, 11) is 0. The van der Waals surface area contributed by atoms with Gasteiger partial charge in [0.25, 0.3) is 0 Å². The minimum Gasteiger partial charge on any atom is -0.457 e. The van der Waals surface area contributed by atoms with Crippen molar-refractivity contribution in [2.45, 2.75) is 27.4 Å². The lowest BCUT2D eigenvalue weighted by atomic mass is 10.0. The number of pyridine rings is 1. The second kappa shape index (κ2) is 7.99. The van der Waals surface area contributed by atoms with Gasteiger partial charge in [0.15, 0.2) is 0 Å². The predicted octanol–water partition coefficient (Wildman–Crippen LogP) is 5.45. The summed E-state index contributed by atoms with van der Waals surface area (Å²) in [5, 5.41) is 0. The Balaban J connectivity index is 1.69. The Labute approximate surface area is 175 Å². The van der Waals surface area contributed by atoms with Gasteiger partial charge in [0.05, 0.1) is 16.8 Å². The Bertz CT molecular complexity index is 1270. The summed E-state index contributed by atoms with van der Waals surface area (Å²) in [6, 6.07) is 20.7. The van der Waals surface area contributed by atoms with Gasteiger partial charge >= 0.3 is 5.97 Å². The molecule has 4 rings (SSSR count). The van der Waals surface area contributed by atoms with Gasteiger partial charge in [-0.1, -0.05) is 54.1 Å². The molecular weight excluding hydrogens is 374 g/mol. The van der Waals surface area contributed by atoms with E-state index in [9.17, 15) is 9.59 Å². The molecule has 0 aliphatic rings. The van der Waals surface area contributed by atoms with Crippen molar-refractivity contribution < 1.29 is 14.3 Å². The van der Waals surface area contributed by atoms with E-state index in [4.69, 9.17) is 4.74 Å². The van der Waals surface area contributed by atoms with Crippen molar-refractivity contribution in [3.05, 3.63) is 112 Å². The molecule has 2 heterocycles. The minimum absolute atomic E-state index is 0.119. The van der Waals surface area contributed by atoms with Crippen LogP contribution in [0.25, 0.3) is 5.52 Å². The molecule has 0 aliphatic carbocycles. The zero-order valence-corrected chi connectivity index (χ0v) is 17.3. The Morgan fingerprint density at radius 2 is 1.60 bits per heavy atom. The molecule has 2 aromatic carbocycles. The Kier molecular flexibility index (Phi) is 5.23. The SMILES string of the molecule is Cc1ccc(C(=O)c2cc(C(=O)OCc3ccccc3C)c3ccccn23)c(C)c1. The molecule has 30 heavy (non-hydrogen) atoms. The first-order valence-corrected chi connectivity index (χ1v) is 9.89. The van der Waals surface area contributed by atoms with Gasteiger partial charge in [0.1, 0.15) is 6.61 Å². The predicted molar refractivity (Wildman–Crippen MR) is 117 cm³/mol. The summed E-state index contributed by atoms with van der Waals surface area (Å²) >= 11 is 0. The van der Waals surface area contributed by atoms with E-state index in [1.54, 1.807) is 16.7 Å². The first kappa shape index (κ1) is 19.6. The maximum Gasteiger partial charge on any atom is 0.340 e. The maximum absolute atomic E-state index is 13.3. The molecule has 0 saturated heterocycles. The van der Waals surface area contributed by atoms with Crippen molar-refractivity contribution in [2.75, 3.05) is 0 Å². The highest BCUT2D eigenvalue weighted by molar-refractivity contribution is 6.12. The largest absolute Gasteiger partial charge is 0.457 e. The normalized spacial score (nSPS) is 10.9. The highest BCUT2D eigenvalue weighted by atomic mass is 16.5. The van der Waals surface area contributed by atoms with E-state index in [0.29, 0.717) is 22.3 Å². The number of aromatic nitrogens is 1. The molecule has 0 atom stereocenters. The second-order valence-corrected chi connectivity index (χ2v) is 7.55. The molecule has 0 unspecified atom stereocenters. The third-order valence-electron chi connectivity index (χ3n) is 5.38. The van der Waals surface area contributed by atoms with Gasteiger partial charge in [0, 0.05) is 11.8 Å². The monoisotopic (exact) mass is 397 g/mol. The Hall–Kier alpha value is -3.66. The molecule has 0 radical (unpaired) electrons. The first-order valence-electron chi connectivity index (χ1n) is 9.89. The van der Waals surface area contributed by atoms with Gasteiger partial charge in [0.2, 0.25) is 5.78 Å². The number of carbonyl (C=O) groups is 2. The second-order valence-electron chi connectivity index (χ2n) is 7.55. The average molecular weight is 397 g/mol. The highest BCUT2D eigenvalue weighted by Gasteiger charge is 2.22. The van der Waals surface area contributed by atoms with Crippen LogP contribution in [0.1, 0.15) is 48.7 Å². The maximum atomic E-state index is 13.3. The molecule has 150 valence electrons. The fourth-order valence-corrected chi connectivity index (χ4v) is 3.69. The average Bonchev–Trinajstić information content (AvgIpc) is 3.12. The smallest absolute Gasteiger partial charge is 0.340 e. The quantitative estimate of drug-likeness (QED) is 0.332. The van der Waals surface area contributed by atoms with Crippen LogP contribution in [0.15, 0.2) is 72.9 Å². The van der Waals surface area contributed by atoms with Gasteiger partial charge in [-0.05, 0) is 55.7 Å². The lowest BCUT2D eigenvalue weighted by Gasteiger charge is -2.07. The molecule has 4 aromatic rings. The van der Waals surface area contributed by atoms with Crippen LogP contribution >= 0.6 is 0 Å². The number of ether oxygens (including phenoxy) is 1. The number of carbonyl (C=O) groups excluding carboxylic acids is 2. The van der Waals surface area contributed by atoms with E-state index in [-0.39, 0.29) is 12.4 Å². The third-order valence-corrected chi connectivity index (χ3v) is 5.38. The minimum atomic E-state index is -0.443. The molecule has 0 spiro atoms. The summed E-state index contributed by atoms with van der Waals surface area (Å²) in [4.78, 5) is 26.2. The lowest BCUT2D eigenvalue weighted by molar-refractivity contribution is 0.0474. The van der Waals surface area contributed by atoms with Gasteiger partial charge in [-0.25, -0.2) is 4.79 Å². The fourth-order valence-electron chi connectivity index (χ4n) is 3.69. The summed E-state index contributed by atoms with van der Waals surface area (Å²) in [6.07, 6.45) is 1.80. The summed E-state index contributed by atoms with van der Waals surface area (Å²) in [6.45, 7) is 6.09. The van der Waals surface area contributed by atoms with E-state index >= 15 is 0 Å². The van der Waals surface area contributed by atoms with Crippen molar-refractivity contribution >= 4 is 17.3 Å². The number of esters is 1. The van der Waals surface area contributed by atoms with Crippen molar-refractivity contribution in [3.8, 4) is 0 Å². The van der Waals surface area contributed by atoms with Gasteiger partial charge < -0.3 is 9.14 Å². The first-order chi connectivity index (χ1) is 14.5. The van der Waals surface area contributed by atoms with Crippen LogP contribution < -0.4 is 0 Å². The molecule has 0 amide bonds. The lowest BCUT2D eigenvalue weighted by Crippen LogP contribution is -2.07. The number of fused-ring (bicyclic) bond motifs is 1. The zero-order valence-electron chi connectivity index (χ0n) is 17.3. The molecule has 0 N–H and O–H groups in total. The molecule has 0 fully saturated rings. The van der Waals surface area contributed by atoms with Crippen LogP contribution in [-0.2, 0) is 11.3 Å². The number of rotatable bonds is 5. The van der Waals surface area contributed by atoms with Crippen LogP contribution in [0, 0.1) is 20.8 Å². The number of hydrogen-bond acceptors (Lipinski definition) is 3. The van der Waals surface area contributed by atoms with Gasteiger partial charge in [-0.15, -0.1) is 0 Å². The van der Waals surface area contributed by atoms with E-state index in [0.717, 1.165) is 22.3 Å². The van der Waals surface area contributed by atoms with Crippen molar-refractivity contribution in [1.29, 1.82) is 0 Å². The molecule has 0 bridgehead atoms. The van der Waals surface area contributed by atoms with E-state index in [2.05, 4.69) is 0 Å². The molecule has 0 saturated carbocycles. The van der Waals surface area contributed by atoms with Gasteiger partial charge in [-0.2, -0.15) is 0 Å². The van der Waals surface area contributed by atoms with E-state index in [1.165, 1.54) is 0 Å². The number of ketones is 1.